The highest BCUT2D eigenvalue weighted by atomic mass is 32.1. The molecule has 0 spiro atoms. The lowest BCUT2D eigenvalue weighted by Gasteiger charge is -2.36. The molecule has 4 nitrogen and oxygen atoms in total. The molecule has 114 valence electrons. The first-order valence-electron chi connectivity index (χ1n) is 7.87. The molecule has 2 N–H and O–H groups in total. The lowest BCUT2D eigenvalue weighted by molar-refractivity contribution is 0.258. The zero-order valence-electron chi connectivity index (χ0n) is 12.7. The second-order valence-corrected chi connectivity index (χ2v) is 6.74. The first-order chi connectivity index (χ1) is 10.3. The molecule has 0 bridgehead atoms. The standard InChI is InChI=1S/C16H24N4S/c1-2-7-19-8-10-20(11-9-19)13-3-4-14-15(12-13)21-16(18-14)5-6-17/h3-4,12H,2,5-11,17H2,1H3. The monoisotopic (exact) mass is 304 g/mol. The molecule has 1 saturated heterocycles. The largest absolute Gasteiger partial charge is 0.369 e. The van der Waals surface area contributed by atoms with Crippen molar-refractivity contribution in [1.82, 2.24) is 9.88 Å². The number of fused-ring (bicyclic) bond motifs is 1. The highest BCUT2D eigenvalue weighted by molar-refractivity contribution is 7.18. The molecule has 2 heterocycles. The van der Waals surface area contributed by atoms with Gasteiger partial charge in [0, 0.05) is 38.3 Å². The van der Waals surface area contributed by atoms with Gasteiger partial charge in [-0.1, -0.05) is 6.92 Å². The number of hydrogen-bond donors (Lipinski definition) is 1. The van der Waals surface area contributed by atoms with Crippen LogP contribution in [0.3, 0.4) is 0 Å². The number of hydrogen-bond acceptors (Lipinski definition) is 5. The van der Waals surface area contributed by atoms with E-state index >= 15 is 0 Å². The molecule has 0 amide bonds. The minimum absolute atomic E-state index is 0.673. The van der Waals surface area contributed by atoms with Crippen LogP contribution in [0.5, 0.6) is 0 Å². The van der Waals surface area contributed by atoms with Crippen LogP contribution in [0.15, 0.2) is 18.2 Å². The second kappa shape index (κ2) is 6.73. The Bertz CT molecular complexity index is 587. The molecule has 21 heavy (non-hydrogen) atoms. The summed E-state index contributed by atoms with van der Waals surface area (Å²) in [6.07, 6.45) is 2.13. The maximum Gasteiger partial charge on any atom is 0.0951 e. The highest BCUT2D eigenvalue weighted by Gasteiger charge is 2.17. The van der Waals surface area contributed by atoms with Crippen molar-refractivity contribution in [2.75, 3.05) is 44.2 Å². The Hall–Kier alpha value is -1.17. The summed E-state index contributed by atoms with van der Waals surface area (Å²) in [4.78, 5) is 9.69. The maximum atomic E-state index is 5.62. The molecule has 1 aromatic heterocycles. The summed E-state index contributed by atoms with van der Waals surface area (Å²) in [5.41, 5.74) is 8.06. The van der Waals surface area contributed by atoms with Gasteiger partial charge in [0.25, 0.3) is 0 Å². The van der Waals surface area contributed by atoms with Gasteiger partial charge in [0.2, 0.25) is 0 Å². The van der Waals surface area contributed by atoms with E-state index in [1.807, 2.05) is 0 Å². The van der Waals surface area contributed by atoms with Gasteiger partial charge >= 0.3 is 0 Å². The van der Waals surface area contributed by atoms with Crippen molar-refractivity contribution in [2.24, 2.45) is 5.73 Å². The van der Waals surface area contributed by atoms with Crippen LogP contribution in [-0.4, -0.2) is 49.2 Å². The lowest BCUT2D eigenvalue weighted by Crippen LogP contribution is -2.46. The highest BCUT2D eigenvalue weighted by Crippen LogP contribution is 2.27. The van der Waals surface area contributed by atoms with E-state index in [9.17, 15) is 0 Å². The minimum Gasteiger partial charge on any atom is -0.369 e. The predicted molar refractivity (Wildman–Crippen MR) is 91.3 cm³/mol. The predicted octanol–water partition coefficient (Wildman–Crippen LogP) is 2.33. The smallest absolute Gasteiger partial charge is 0.0951 e. The van der Waals surface area contributed by atoms with E-state index in [0.717, 1.165) is 30.0 Å². The van der Waals surface area contributed by atoms with Crippen LogP contribution in [0.1, 0.15) is 18.4 Å². The SMILES string of the molecule is CCCN1CCN(c2ccc3nc(CCN)sc3c2)CC1. The van der Waals surface area contributed by atoms with Crippen LogP contribution >= 0.6 is 11.3 Å². The Balaban J connectivity index is 1.72. The molecule has 0 radical (unpaired) electrons. The van der Waals surface area contributed by atoms with Crippen LogP contribution in [0, 0.1) is 0 Å². The molecular weight excluding hydrogens is 280 g/mol. The van der Waals surface area contributed by atoms with Crippen LogP contribution in [0.4, 0.5) is 5.69 Å². The van der Waals surface area contributed by atoms with E-state index < -0.39 is 0 Å². The summed E-state index contributed by atoms with van der Waals surface area (Å²) in [6, 6.07) is 6.66. The van der Waals surface area contributed by atoms with E-state index in [1.54, 1.807) is 11.3 Å². The van der Waals surface area contributed by atoms with Gasteiger partial charge in [-0.05, 0) is 37.7 Å². The summed E-state index contributed by atoms with van der Waals surface area (Å²) < 4.78 is 1.28. The van der Waals surface area contributed by atoms with Crippen molar-refractivity contribution in [3.8, 4) is 0 Å². The first kappa shape index (κ1) is 14.8. The fourth-order valence-electron chi connectivity index (χ4n) is 2.93. The Labute approximate surface area is 130 Å². The molecule has 1 fully saturated rings. The van der Waals surface area contributed by atoms with E-state index in [-0.39, 0.29) is 0 Å². The molecule has 1 aliphatic heterocycles. The van der Waals surface area contributed by atoms with Gasteiger partial charge in [-0.3, -0.25) is 4.90 Å². The van der Waals surface area contributed by atoms with Gasteiger partial charge in [-0.15, -0.1) is 11.3 Å². The molecule has 1 aromatic carbocycles. The summed E-state index contributed by atoms with van der Waals surface area (Å²) >= 11 is 1.78. The van der Waals surface area contributed by atoms with E-state index in [4.69, 9.17) is 5.73 Å². The third-order valence-corrected chi connectivity index (χ3v) is 5.13. The molecular formula is C16H24N4S. The third kappa shape index (κ3) is 3.36. The summed E-state index contributed by atoms with van der Waals surface area (Å²) in [5, 5.41) is 1.15. The van der Waals surface area contributed by atoms with Crippen LogP contribution in [-0.2, 0) is 6.42 Å². The number of anilines is 1. The van der Waals surface area contributed by atoms with Crippen molar-refractivity contribution < 1.29 is 0 Å². The van der Waals surface area contributed by atoms with Gasteiger partial charge in [0.05, 0.1) is 15.2 Å². The van der Waals surface area contributed by atoms with Gasteiger partial charge in [-0.2, -0.15) is 0 Å². The molecule has 0 aliphatic carbocycles. The van der Waals surface area contributed by atoms with E-state index in [1.165, 1.54) is 36.4 Å². The molecule has 0 atom stereocenters. The minimum atomic E-state index is 0.673. The zero-order chi connectivity index (χ0) is 14.7. The van der Waals surface area contributed by atoms with Crippen LogP contribution in [0.25, 0.3) is 10.2 Å². The van der Waals surface area contributed by atoms with Crippen molar-refractivity contribution >= 4 is 27.2 Å². The van der Waals surface area contributed by atoms with Gasteiger partial charge in [0.15, 0.2) is 0 Å². The van der Waals surface area contributed by atoms with Crippen LogP contribution < -0.4 is 10.6 Å². The van der Waals surface area contributed by atoms with Gasteiger partial charge in [0.1, 0.15) is 0 Å². The average Bonchev–Trinajstić information content (AvgIpc) is 2.90. The lowest BCUT2D eigenvalue weighted by atomic mass is 10.2. The number of nitrogens with two attached hydrogens (primary N) is 1. The number of rotatable bonds is 5. The average molecular weight is 304 g/mol. The van der Waals surface area contributed by atoms with Crippen molar-refractivity contribution in [3.05, 3.63) is 23.2 Å². The molecule has 5 heteroatoms. The maximum absolute atomic E-state index is 5.62. The topological polar surface area (TPSA) is 45.4 Å². The fourth-order valence-corrected chi connectivity index (χ4v) is 3.95. The Morgan fingerprint density at radius 2 is 2.05 bits per heavy atom. The Morgan fingerprint density at radius 1 is 1.24 bits per heavy atom. The van der Waals surface area contributed by atoms with Crippen LogP contribution in [0.2, 0.25) is 0 Å². The molecule has 0 unspecified atom stereocenters. The quantitative estimate of drug-likeness (QED) is 0.921. The summed E-state index contributed by atoms with van der Waals surface area (Å²) in [6.45, 7) is 8.75. The van der Waals surface area contributed by atoms with Crippen molar-refractivity contribution in [2.45, 2.75) is 19.8 Å². The molecule has 3 rings (SSSR count). The number of thiazole rings is 1. The van der Waals surface area contributed by atoms with E-state index in [0.29, 0.717) is 6.54 Å². The van der Waals surface area contributed by atoms with Gasteiger partial charge in [-0.25, -0.2) is 4.98 Å². The van der Waals surface area contributed by atoms with Gasteiger partial charge < -0.3 is 10.6 Å². The van der Waals surface area contributed by atoms with Crippen molar-refractivity contribution in [1.29, 1.82) is 0 Å². The fraction of sp³-hybridized carbons (Fsp3) is 0.562. The summed E-state index contributed by atoms with van der Waals surface area (Å²) in [5.74, 6) is 0. The zero-order valence-corrected chi connectivity index (χ0v) is 13.5. The molecule has 2 aromatic rings. The second-order valence-electron chi connectivity index (χ2n) is 5.63. The molecule has 1 aliphatic rings. The third-order valence-electron chi connectivity index (χ3n) is 4.05. The number of benzene rings is 1. The Kier molecular flexibility index (Phi) is 4.73. The van der Waals surface area contributed by atoms with Crippen molar-refractivity contribution in [3.63, 3.8) is 0 Å². The van der Waals surface area contributed by atoms with E-state index in [2.05, 4.69) is 39.9 Å². The number of nitrogens with zero attached hydrogens (tertiary/aromatic N) is 3. The summed E-state index contributed by atoms with van der Waals surface area (Å²) in [7, 11) is 0. The Morgan fingerprint density at radius 3 is 2.76 bits per heavy atom. The number of piperazine rings is 1. The molecule has 0 saturated carbocycles. The normalized spacial score (nSPS) is 16.8. The first-order valence-corrected chi connectivity index (χ1v) is 8.68. The number of aromatic nitrogens is 1.